The minimum Gasteiger partial charge on any atom is -0.476 e. The van der Waals surface area contributed by atoms with Crippen molar-refractivity contribution in [2.24, 2.45) is 0 Å². The first-order valence-electron chi connectivity index (χ1n) is 7.72. The van der Waals surface area contributed by atoms with Crippen LogP contribution >= 0.6 is 0 Å². The highest BCUT2D eigenvalue weighted by molar-refractivity contribution is 6.29. The lowest BCUT2D eigenvalue weighted by atomic mass is 10.1. The second-order valence-corrected chi connectivity index (χ2v) is 4.85. The fourth-order valence-corrected chi connectivity index (χ4v) is 2.36. The van der Waals surface area contributed by atoms with E-state index in [4.69, 9.17) is 23.7 Å². The van der Waals surface area contributed by atoms with E-state index in [2.05, 4.69) is 4.74 Å². The van der Waals surface area contributed by atoms with Crippen molar-refractivity contribution in [1.82, 2.24) is 0 Å². The van der Waals surface area contributed by atoms with Crippen LogP contribution in [-0.2, 0) is 42.8 Å². The second-order valence-electron chi connectivity index (χ2n) is 4.85. The van der Waals surface area contributed by atoms with Crippen LogP contribution in [0.25, 0.3) is 0 Å². The molecule has 2 aliphatic rings. The molecule has 0 aromatic heterocycles. The Bertz CT molecular complexity index is 527. The molecule has 0 bridgehead atoms. The Hall–Kier alpha value is -2.13. The summed E-state index contributed by atoms with van der Waals surface area (Å²) in [5.74, 6) is -2.96. The van der Waals surface area contributed by atoms with Gasteiger partial charge in [-0.25, -0.2) is 14.4 Å². The van der Waals surface area contributed by atoms with Crippen molar-refractivity contribution in [3.8, 4) is 0 Å². The number of carbonyl (C=O) groups excluding carboxylic acids is 3. The topological polar surface area (TPSA) is 107 Å². The zero-order valence-corrected chi connectivity index (χ0v) is 13.7. The highest BCUT2D eigenvalue weighted by Gasteiger charge is 2.53. The van der Waals surface area contributed by atoms with Crippen LogP contribution in [0.3, 0.4) is 0 Å². The van der Waals surface area contributed by atoms with Crippen molar-refractivity contribution in [3.05, 3.63) is 11.8 Å². The van der Waals surface area contributed by atoms with Gasteiger partial charge in [0.1, 0.15) is 6.10 Å². The van der Waals surface area contributed by atoms with Crippen molar-refractivity contribution in [2.75, 3.05) is 19.8 Å². The Morgan fingerprint density at radius 1 is 1.04 bits per heavy atom. The molecular weight excluding hydrogens is 324 g/mol. The van der Waals surface area contributed by atoms with Gasteiger partial charge in [-0.15, -0.1) is 0 Å². The summed E-state index contributed by atoms with van der Waals surface area (Å²) < 4.78 is 31.0. The highest BCUT2D eigenvalue weighted by Crippen LogP contribution is 2.35. The molecule has 24 heavy (non-hydrogen) atoms. The van der Waals surface area contributed by atoms with Crippen molar-refractivity contribution in [2.45, 2.75) is 45.4 Å². The maximum Gasteiger partial charge on any atom is 0.418 e. The summed E-state index contributed by atoms with van der Waals surface area (Å²) >= 11 is 0. The van der Waals surface area contributed by atoms with Gasteiger partial charge in [-0.2, -0.15) is 0 Å². The molecule has 1 saturated heterocycles. The maximum atomic E-state index is 11.8. The molecule has 9 nitrogen and oxygen atoms in total. The molecule has 2 aliphatic heterocycles. The molecule has 0 aromatic rings. The van der Waals surface area contributed by atoms with Crippen LogP contribution in [0, 0.1) is 0 Å². The molecule has 9 heteroatoms. The number of rotatable bonds is 6. The smallest absolute Gasteiger partial charge is 0.418 e. The SMILES string of the molecule is CCOC(=O)C(=O)O[C@H]1[C@H](OCC)O[C@H]2C=C(C(=O)OCC)O[C@@H]12. The lowest BCUT2D eigenvalue weighted by Gasteiger charge is -2.22. The summed E-state index contributed by atoms with van der Waals surface area (Å²) in [6, 6.07) is 0. The van der Waals surface area contributed by atoms with Gasteiger partial charge < -0.3 is 28.4 Å². The van der Waals surface area contributed by atoms with E-state index >= 15 is 0 Å². The molecule has 0 N–H and O–H groups in total. The Labute approximate surface area is 138 Å². The van der Waals surface area contributed by atoms with Gasteiger partial charge >= 0.3 is 17.9 Å². The summed E-state index contributed by atoms with van der Waals surface area (Å²) in [6.45, 7) is 5.51. The van der Waals surface area contributed by atoms with E-state index in [1.54, 1.807) is 20.8 Å². The molecule has 0 radical (unpaired) electrons. The van der Waals surface area contributed by atoms with Gasteiger partial charge in [0.25, 0.3) is 0 Å². The van der Waals surface area contributed by atoms with Gasteiger partial charge in [0.2, 0.25) is 5.76 Å². The van der Waals surface area contributed by atoms with Crippen molar-refractivity contribution in [3.63, 3.8) is 0 Å². The van der Waals surface area contributed by atoms with Crippen LogP contribution in [0.2, 0.25) is 0 Å². The number of esters is 3. The number of hydrogen-bond acceptors (Lipinski definition) is 9. The summed E-state index contributed by atoms with van der Waals surface area (Å²) in [5.41, 5.74) is 0. The van der Waals surface area contributed by atoms with Crippen LogP contribution in [-0.4, -0.2) is 62.3 Å². The highest BCUT2D eigenvalue weighted by atomic mass is 16.7. The average molecular weight is 344 g/mol. The number of carbonyl (C=O) groups is 3. The molecular formula is C15H20O9. The lowest BCUT2D eigenvalue weighted by Crippen LogP contribution is -2.40. The van der Waals surface area contributed by atoms with Crippen molar-refractivity contribution >= 4 is 17.9 Å². The monoisotopic (exact) mass is 344 g/mol. The van der Waals surface area contributed by atoms with E-state index in [0.29, 0.717) is 6.61 Å². The Kier molecular flexibility index (Phi) is 6.16. The van der Waals surface area contributed by atoms with Crippen LogP contribution in [0.15, 0.2) is 11.8 Å². The van der Waals surface area contributed by atoms with E-state index in [9.17, 15) is 14.4 Å². The Balaban J connectivity index is 2.07. The first-order valence-corrected chi connectivity index (χ1v) is 7.72. The van der Waals surface area contributed by atoms with Gasteiger partial charge in [-0.1, -0.05) is 0 Å². The number of fused-ring (bicyclic) bond motifs is 1. The summed E-state index contributed by atoms with van der Waals surface area (Å²) in [4.78, 5) is 34.9. The average Bonchev–Trinajstić information content (AvgIpc) is 3.08. The van der Waals surface area contributed by atoms with Gasteiger partial charge in [0.15, 0.2) is 18.5 Å². The van der Waals surface area contributed by atoms with E-state index in [0.717, 1.165) is 0 Å². The van der Waals surface area contributed by atoms with Gasteiger partial charge in [0.05, 0.1) is 13.2 Å². The zero-order valence-electron chi connectivity index (χ0n) is 13.7. The molecule has 2 rings (SSSR count). The molecule has 0 spiro atoms. The number of ether oxygens (including phenoxy) is 6. The zero-order chi connectivity index (χ0) is 17.7. The molecule has 0 aliphatic carbocycles. The van der Waals surface area contributed by atoms with E-state index in [1.165, 1.54) is 6.08 Å². The minimum absolute atomic E-state index is 0.0287. The van der Waals surface area contributed by atoms with Crippen LogP contribution in [0.4, 0.5) is 0 Å². The quantitative estimate of drug-likeness (QED) is 0.376. The maximum absolute atomic E-state index is 11.8. The molecule has 0 unspecified atom stereocenters. The molecule has 2 heterocycles. The summed E-state index contributed by atoms with van der Waals surface area (Å²) in [7, 11) is 0. The molecule has 0 amide bonds. The van der Waals surface area contributed by atoms with E-state index < -0.39 is 42.5 Å². The van der Waals surface area contributed by atoms with Crippen LogP contribution < -0.4 is 0 Å². The first-order chi connectivity index (χ1) is 11.5. The molecule has 0 aromatic carbocycles. The molecule has 4 atom stereocenters. The standard InChI is InChI=1S/C15H20O9/c1-4-19-12(16)9-7-8-10(22-9)11(15(23-8)21-6-3)24-14(18)13(17)20-5-2/h7-8,10-11,15H,4-6H2,1-3H3/t8-,10+,11+,15+/m0/s1. The third-order valence-electron chi connectivity index (χ3n) is 3.28. The normalized spacial score (nSPS) is 27.7. The van der Waals surface area contributed by atoms with Gasteiger partial charge in [-0.05, 0) is 26.8 Å². The second kappa shape index (κ2) is 8.11. The number of hydrogen-bond donors (Lipinski definition) is 0. The third kappa shape index (κ3) is 3.85. The fraction of sp³-hybridized carbons (Fsp3) is 0.667. The molecule has 134 valence electrons. The van der Waals surface area contributed by atoms with E-state index in [-0.39, 0.29) is 19.0 Å². The minimum atomic E-state index is -1.18. The third-order valence-corrected chi connectivity index (χ3v) is 3.28. The summed E-state index contributed by atoms with van der Waals surface area (Å²) in [6.07, 6.45) is -1.95. The largest absolute Gasteiger partial charge is 0.476 e. The van der Waals surface area contributed by atoms with Gasteiger partial charge in [-0.3, -0.25) is 0 Å². The van der Waals surface area contributed by atoms with Crippen LogP contribution in [0.5, 0.6) is 0 Å². The van der Waals surface area contributed by atoms with E-state index in [1.807, 2.05) is 0 Å². The predicted molar refractivity (Wildman–Crippen MR) is 76.4 cm³/mol. The Morgan fingerprint density at radius 2 is 1.75 bits per heavy atom. The predicted octanol–water partition coefficient (Wildman–Crippen LogP) is 0.0685. The molecule has 1 fully saturated rings. The van der Waals surface area contributed by atoms with Crippen molar-refractivity contribution < 1.29 is 42.8 Å². The Morgan fingerprint density at radius 3 is 2.38 bits per heavy atom. The first kappa shape index (κ1) is 18.2. The fourth-order valence-electron chi connectivity index (χ4n) is 2.36. The lowest BCUT2D eigenvalue weighted by molar-refractivity contribution is -0.193. The molecule has 0 saturated carbocycles. The van der Waals surface area contributed by atoms with Crippen molar-refractivity contribution in [1.29, 1.82) is 0 Å². The van der Waals surface area contributed by atoms with Gasteiger partial charge in [0, 0.05) is 6.61 Å². The summed E-state index contributed by atoms with van der Waals surface area (Å²) in [5, 5.41) is 0. The van der Waals surface area contributed by atoms with Crippen LogP contribution in [0.1, 0.15) is 20.8 Å².